The Kier molecular flexibility index (Phi) is 4.56. The normalized spacial score (nSPS) is 11.6. The molecule has 2 aromatic carbocycles. The fourth-order valence-corrected chi connectivity index (χ4v) is 1.79. The minimum atomic E-state index is 0.0145. The number of hydrogen-bond donors (Lipinski definition) is 1. The molecule has 0 saturated carbocycles. The van der Waals surface area contributed by atoms with Gasteiger partial charge >= 0.3 is 0 Å². The first-order valence-corrected chi connectivity index (χ1v) is 6.26. The maximum atomic E-state index is 10.4. The Hall–Kier alpha value is -2.29. The molecule has 2 aromatic rings. The molecule has 0 aliphatic rings. The highest BCUT2D eigenvalue weighted by molar-refractivity contribution is 5.47. The van der Waals surface area contributed by atoms with Crippen molar-refractivity contribution in [2.45, 2.75) is 19.6 Å². The summed E-state index contributed by atoms with van der Waals surface area (Å²) >= 11 is 0. The zero-order valence-corrected chi connectivity index (χ0v) is 10.9. The van der Waals surface area contributed by atoms with E-state index in [1.54, 1.807) is 0 Å². The summed E-state index contributed by atoms with van der Waals surface area (Å²) in [4.78, 5) is 10.4. The summed E-state index contributed by atoms with van der Waals surface area (Å²) in [5.74, 6) is 0.825. The van der Waals surface area contributed by atoms with E-state index >= 15 is 0 Å². The maximum Gasteiger partial charge on any atom is 0.207 e. The Labute approximate surface area is 113 Å². The van der Waals surface area contributed by atoms with E-state index < -0.39 is 0 Å². The van der Waals surface area contributed by atoms with Gasteiger partial charge in [0.1, 0.15) is 12.4 Å². The highest BCUT2D eigenvalue weighted by Gasteiger charge is 2.03. The first-order valence-electron chi connectivity index (χ1n) is 6.26. The van der Waals surface area contributed by atoms with Gasteiger partial charge in [-0.05, 0) is 30.2 Å². The van der Waals surface area contributed by atoms with Gasteiger partial charge in [0.05, 0.1) is 6.04 Å². The van der Waals surface area contributed by atoms with E-state index in [2.05, 4.69) is 5.32 Å². The van der Waals surface area contributed by atoms with Crippen LogP contribution in [-0.2, 0) is 11.4 Å². The lowest BCUT2D eigenvalue weighted by atomic mass is 10.1. The molecule has 0 spiro atoms. The van der Waals surface area contributed by atoms with Gasteiger partial charge in [0, 0.05) is 0 Å². The Bertz CT molecular complexity index is 508. The summed E-state index contributed by atoms with van der Waals surface area (Å²) < 4.78 is 5.70. The first kappa shape index (κ1) is 13.1. The fraction of sp³-hybridized carbons (Fsp3) is 0.188. The fourth-order valence-electron chi connectivity index (χ4n) is 1.79. The van der Waals surface area contributed by atoms with Gasteiger partial charge in [-0.2, -0.15) is 0 Å². The van der Waals surface area contributed by atoms with E-state index in [1.165, 1.54) is 0 Å². The highest BCUT2D eigenvalue weighted by atomic mass is 16.5. The van der Waals surface area contributed by atoms with Crippen LogP contribution >= 0.6 is 0 Å². The lowest BCUT2D eigenvalue weighted by molar-refractivity contribution is -0.110. The topological polar surface area (TPSA) is 38.3 Å². The molecule has 2 rings (SSSR count). The standard InChI is InChI=1S/C16H17NO2/c1-13(17-12-18)15-7-9-16(10-8-15)19-11-14-5-3-2-4-6-14/h2-10,12-13H,11H2,1H3,(H,17,18). The van der Waals surface area contributed by atoms with Gasteiger partial charge in [0.15, 0.2) is 0 Å². The Morgan fingerprint density at radius 2 is 1.79 bits per heavy atom. The minimum absolute atomic E-state index is 0.0145. The average molecular weight is 255 g/mol. The Morgan fingerprint density at radius 1 is 1.11 bits per heavy atom. The highest BCUT2D eigenvalue weighted by Crippen LogP contribution is 2.18. The zero-order valence-electron chi connectivity index (χ0n) is 10.9. The molecule has 0 fully saturated rings. The molecular weight excluding hydrogens is 238 g/mol. The molecule has 0 bridgehead atoms. The number of benzene rings is 2. The number of carbonyl (C=O) groups is 1. The molecule has 98 valence electrons. The van der Waals surface area contributed by atoms with Gasteiger partial charge in [-0.15, -0.1) is 0 Å². The third-order valence-electron chi connectivity index (χ3n) is 2.95. The molecule has 0 aliphatic heterocycles. The summed E-state index contributed by atoms with van der Waals surface area (Å²) in [6.45, 7) is 2.50. The van der Waals surface area contributed by atoms with Crippen molar-refractivity contribution >= 4 is 6.41 Å². The summed E-state index contributed by atoms with van der Waals surface area (Å²) in [6.07, 6.45) is 0.713. The van der Waals surface area contributed by atoms with Crippen LogP contribution in [0.4, 0.5) is 0 Å². The smallest absolute Gasteiger partial charge is 0.207 e. The van der Waals surface area contributed by atoms with Gasteiger partial charge in [-0.25, -0.2) is 0 Å². The number of ether oxygens (including phenoxy) is 1. The van der Waals surface area contributed by atoms with Crippen LogP contribution in [0, 0.1) is 0 Å². The monoisotopic (exact) mass is 255 g/mol. The van der Waals surface area contributed by atoms with E-state index in [0.29, 0.717) is 13.0 Å². The molecule has 0 heterocycles. The number of carbonyl (C=O) groups excluding carboxylic acids is 1. The average Bonchev–Trinajstić information content (AvgIpc) is 2.47. The molecule has 3 nitrogen and oxygen atoms in total. The summed E-state index contributed by atoms with van der Waals surface area (Å²) in [5.41, 5.74) is 2.20. The van der Waals surface area contributed by atoms with Gasteiger partial charge in [-0.3, -0.25) is 4.79 Å². The van der Waals surface area contributed by atoms with Gasteiger partial charge in [0.25, 0.3) is 0 Å². The molecule has 1 unspecified atom stereocenters. The van der Waals surface area contributed by atoms with Crippen molar-refractivity contribution in [2.24, 2.45) is 0 Å². The third-order valence-corrected chi connectivity index (χ3v) is 2.95. The van der Waals surface area contributed by atoms with E-state index in [1.807, 2.05) is 61.5 Å². The lowest BCUT2D eigenvalue weighted by Crippen LogP contribution is -2.15. The summed E-state index contributed by atoms with van der Waals surface area (Å²) in [6, 6.07) is 17.8. The van der Waals surface area contributed by atoms with Crippen LogP contribution < -0.4 is 10.1 Å². The van der Waals surface area contributed by atoms with Crippen molar-refractivity contribution < 1.29 is 9.53 Å². The van der Waals surface area contributed by atoms with E-state index in [0.717, 1.165) is 16.9 Å². The lowest BCUT2D eigenvalue weighted by Gasteiger charge is -2.11. The van der Waals surface area contributed by atoms with Crippen LogP contribution in [0.5, 0.6) is 5.75 Å². The van der Waals surface area contributed by atoms with Gasteiger partial charge in [0.2, 0.25) is 6.41 Å². The maximum absolute atomic E-state index is 10.4. The molecule has 0 aromatic heterocycles. The summed E-state index contributed by atoms with van der Waals surface area (Å²) in [5, 5.41) is 2.72. The van der Waals surface area contributed by atoms with E-state index in [4.69, 9.17) is 4.74 Å². The molecule has 1 N–H and O–H groups in total. The number of amides is 1. The second kappa shape index (κ2) is 6.59. The second-order valence-corrected chi connectivity index (χ2v) is 4.35. The Morgan fingerprint density at radius 3 is 2.42 bits per heavy atom. The van der Waals surface area contributed by atoms with Crippen LogP contribution in [0.2, 0.25) is 0 Å². The van der Waals surface area contributed by atoms with Crippen molar-refractivity contribution in [1.29, 1.82) is 0 Å². The van der Waals surface area contributed by atoms with E-state index in [9.17, 15) is 4.79 Å². The molecule has 19 heavy (non-hydrogen) atoms. The summed E-state index contributed by atoms with van der Waals surface area (Å²) in [7, 11) is 0. The van der Waals surface area contributed by atoms with E-state index in [-0.39, 0.29) is 6.04 Å². The number of nitrogens with one attached hydrogen (secondary N) is 1. The SMILES string of the molecule is CC(NC=O)c1ccc(OCc2ccccc2)cc1. The van der Waals surface area contributed by atoms with Gasteiger partial charge < -0.3 is 10.1 Å². The van der Waals surface area contributed by atoms with Crippen LogP contribution in [0.25, 0.3) is 0 Å². The molecule has 0 saturated heterocycles. The van der Waals surface area contributed by atoms with Crippen LogP contribution in [0.15, 0.2) is 54.6 Å². The van der Waals surface area contributed by atoms with Crippen LogP contribution in [0.1, 0.15) is 24.1 Å². The minimum Gasteiger partial charge on any atom is -0.489 e. The number of hydrogen-bond acceptors (Lipinski definition) is 2. The predicted molar refractivity (Wildman–Crippen MR) is 74.8 cm³/mol. The molecule has 1 amide bonds. The molecular formula is C16H17NO2. The van der Waals surface area contributed by atoms with Crippen molar-refractivity contribution in [3.63, 3.8) is 0 Å². The van der Waals surface area contributed by atoms with Crippen LogP contribution in [-0.4, -0.2) is 6.41 Å². The van der Waals surface area contributed by atoms with Crippen molar-refractivity contribution in [2.75, 3.05) is 0 Å². The second-order valence-electron chi connectivity index (χ2n) is 4.35. The molecule has 0 aliphatic carbocycles. The van der Waals surface area contributed by atoms with Gasteiger partial charge in [-0.1, -0.05) is 42.5 Å². The van der Waals surface area contributed by atoms with Crippen LogP contribution in [0.3, 0.4) is 0 Å². The van der Waals surface area contributed by atoms with Crippen molar-refractivity contribution in [3.05, 3.63) is 65.7 Å². The molecule has 3 heteroatoms. The largest absolute Gasteiger partial charge is 0.489 e. The van der Waals surface area contributed by atoms with Crippen molar-refractivity contribution in [3.8, 4) is 5.75 Å². The van der Waals surface area contributed by atoms with Crippen molar-refractivity contribution in [1.82, 2.24) is 5.32 Å². The molecule has 1 atom stereocenters. The number of rotatable bonds is 6. The Balaban J connectivity index is 1.93. The zero-order chi connectivity index (χ0) is 13.5. The third kappa shape index (κ3) is 3.85. The predicted octanol–water partition coefficient (Wildman–Crippen LogP) is 3.07. The quantitative estimate of drug-likeness (QED) is 0.806. The first-order chi connectivity index (χ1) is 9.29. The molecule has 0 radical (unpaired) electrons.